The lowest BCUT2D eigenvalue weighted by atomic mass is 9.89. The highest BCUT2D eigenvalue weighted by atomic mass is 16.1. The predicted molar refractivity (Wildman–Crippen MR) is 44.2 cm³/mol. The molecule has 62 valence electrons. The van der Waals surface area contributed by atoms with Crippen LogP contribution in [0, 0.1) is 16.7 Å². The minimum absolute atomic E-state index is 0.439. The van der Waals surface area contributed by atoms with Crippen molar-refractivity contribution in [1.82, 2.24) is 0 Å². The van der Waals surface area contributed by atoms with E-state index in [2.05, 4.69) is 13.8 Å². The summed E-state index contributed by atoms with van der Waals surface area (Å²) in [6, 6.07) is 0. The SMILES string of the molecule is CC1(C)C2CCCC21CC=O. The molecule has 0 aromatic carbocycles. The molecule has 0 aliphatic heterocycles. The predicted octanol–water partition coefficient (Wildman–Crippen LogP) is 2.40. The summed E-state index contributed by atoms with van der Waals surface area (Å²) in [5.41, 5.74) is 0.918. The van der Waals surface area contributed by atoms with Gasteiger partial charge in [-0.2, -0.15) is 0 Å². The van der Waals surface area contributed by atoms with Gasteiger partial charge in [-0.1, -0.05) is 20.3 Å². The van der Waals surface area contributed by atoms with Gasteiger partial charge < -0.3 is 4.79 Å². The topological polar surface area (TPSA) is 17.1 Å². The molecule has 1 heteroatoms. The Morgan fingerprint density at radius 1 is 1.55 bits per heavy atom. The fraction of sp³-hybridized carbons (Fsp3) is 0.900. The van der Waals surface area contributed by atoms with Gasteiger partial charge in [0.05, 0.1) is 0 Å². The number of hydrogen-bond acceptors (Lipinski definition) is 1. The number of carbonyl (C=O) groups excluding carboxylic acids is 1. The molecule has 0 aromatic rings. The average molecular weight is 152 g/mol. The van der Waals surface area contributed by atoms with E-state index in [1.807, 2.05) is 0 Å². The molecule has 2 unspecified atom stereocenters. The Balaban J connectivity index is 2.19. The maximum atomic E-state index is 10.5. The van der Waals surface area contributed by atoms with Crippen molar-refractivity contribution >= 4 is 6.29 Å². The summed E-state index contributed by atoms with van der Waals surface area (Å²) in [5, 5.41) is 0. The lowest BCUT2D eigenvalue weighted by Gasteiger charge is -2.15. The summed E-state index contributed by atoms with van der Waals surface area (Å²) in [5.74, 6) is 0.861. The molecule has 0 amide bonds. The van der Waals surface area contributed by atoms with E-state index in [1.54, 1.807) is 0 Å². The Morgan fingerprint density at radius 3 is 2.73 bits per heavy atom. The first-order valence-electron chi connectivity index (χ1n) is 4.59. The maximum absolute atomic E-state index is 10.5. The van der Waals surface area contributed by atoms with Crippen LogP contribution < -0.4 is 0 Å². The second-order valence-electron chi connectivity index (χ2n) is 4.69. The minimum Gasteiger partial charge on any atom is -0.303 e. The summed E-state index contributed by atoms with van der Waals surface area (Å²) < 4.78 is 0. The first-order chi connectivity index (χ1) is 5.15. The van der Waals surface area contributed by atoms with Gasteiger partial charge >= 0.3 is 0 Å². The maximum Gasteiger partial charge on any atom is 0.120 e. The standard InChI is InChI=1S/C10H16O/c1-9(2)8-4-3-5-10(8,9)6-7-11/h7-8H,3-6H2,1-2H3. The normalized spacial score (nSPS) is 45.1. The van der Waals surface area contributed by atoms with Crippen LogP contribution in [-0.4, -0.2) is 6.29 Å². The van der Waals surface area contributed by atoms with E-state index in [0.29, 0.717) is 10.8 Å². The van der Waals surface area contributed by atoms with Crippen LogP contribution in [-0.2, 0) is 4.79 Å². The first-order valence-corrected chi connectivity index (χ1v) is 4.59. The molecular weight excluding hydrogens is 136 g/mol. The molecule has 0 heterocycles. The van der Waals surface area contributed by atoms with Crippen LogP contribution in [0.15, 0.2) is 0 Å². The highest BCUT2D eigenvalue weighted by Gasteiger charge is 2.71. The number of aldehydes is 1. The van der Waals surface area contributed by atoms with Crippen molar-refractivity contribution in [3.05, 3.63) is 0 Å². The Hall–Kier alpha value is -0.330. The first kappa shape index (κ1) is 7.33. The lowest BCUT2D eigenvalue weighted by molar-refractivity contribution is -0.109. The molecule has 0 spiro atoms. The van der Waals surface area contributed by atoms with E-state index in [0.717, 1.165) is 18.6 Å². The van der Waals surface area contributed by atoms with E-state index in [1.165, 1.54) is 19.3 Å². The second-order valence-corrected chi connectivity index (χ2v) is 4.69. The van der Waals surface area contributed by atoms with Crippen molar-refractivity contribution in [2.45, 2.75) is 39.5 Å². The minimum atomic E-state index is 0.439. The molecule has 0 N–H and O–H groups in total. The highest BCUT2D eigenvalue weighted by Crippen LogP contribution is 2.77. The van der Waals surface area contributed by atoms with Crippen LogP contribution in [0.5, 0.6) is 0 Å². The number of fused-ring (bicyclic) bond motifs is 1. The van der Waals surface area contributed by atoms with Gasteiger partial charge in [0.25, 0.3) is 0 Å². The van der Waals surface area contributed by atoms with Gasteiger partial charge in [0, 0.05) is 6.42 Å². The van der Waals surface area contributed by atoms with Crippen molar-refractivity contribution in [2.75, 3.05) is 0 Å². The molecule has 0 radical (unpaired) electrons. The van der Waals surface area contributed by atoms with Gasteiger partial charge in [-0.3, -0.25) is 0 Å². The molecule has 11 heavy (non-hydrogen) atoms. The Labute approximate surface area is 68.2 Å². The van der Waals surface area contributed by atoms with Crippen molar-refractivity contribution in [3.8, 4) is 0 Å². The van der Waals surface area contributed by atoms with E-state index in [9.17, 15) is 4.79 Å². The Morgan fingerprint density at radius 2 is 2.27 bits per heavy atom. The molecule has 1 nitrogen and oxygen atoms in total. The molecular formula is C10H16O. The molecule has 2 aliphatic rings. The molecule has 2 fully saturated rings. The molecule has 2 atom stereocenters. The summed E-state index contributed by atoms with van der Waals surface area (Å²) >= 11 is 0. The third kappa shape index (κ3) is 0.646. The summed E-state index contributed by atoms with van der Waals surface area (Å²) in [6.07, 6.45) is 5.93. The van der Waals surface area contributed by atoms with Gasteiger partial charge in [0.2, 0.25) is 0 Å². The molecule has 0 saturated heterocycles. The van der Waals surface area contributed by atoms with E-state index >= 15 is 0 Å². The van der Waals surface area contributed by atoms with Gasteiger partial charge in [-0.15, -0.1) is 0 Å². The molecule has 2 rings (SSSR count). The quantitative estimate of drug-likeness (QED) is 0.555. The zero-order chi connectivity index (χ0) is 8.11. The number of carbonyl (C=O) groups is 1. The molecule has 2 saturated carbocycles. The Bertz CT molecular complexity index is 195. The zero-order valence-corrected chi connectivity index (χ0v) is 7.39. The molecule has 2 aliphatic carbocycles. The van der Waals surface area contributed by atoms with E-state index in [4.69, 9.17) is 0 Å². The fourth-order valence-corrected chi connectivity index (χ4v) is 3.47. The monoisotopic (exact) mass is 152 g/mol. The summed E-state index contributed by atoms with van der Waals surface area (Å²) in [6.45, 7) is 4.64. The van der Waals surface area contributed by atoms with Crippen LogP contribution >= 0.6 is 0 Å². The Kier molecular flexibility index (Phi) is 1.25. The van der Waals surface area contributed by atoms with Crippen molar-refractivity contribution in [1.29, 1.82) is 0 Å². The largest absolute Gasteiger partial charge is 0.303 e. The smallest absolute Gasteiger partial charge is 0.120 e. The third-order valence-electron chi connectivity index (χ3n) is 4.30. The van der Waals surface area contributed by atoms with Crippen molar-refractivity contribution < 1.29 is 4.79 Å². The average Bonchev–Trinajstić information content (AvgIpc) is 2.29. The van der Waals surface area contributed by atoms with Crippen LogP contribution in [0.4, 0.5) is 0 Å². The molecule has 0 aromatic heterocycles. The third-order valence-corrected chi connectivity index (χ3v) is 4.30. The highest BCUT2D eigenvalue weighted by molar-refractivity contribution is 5.53. The summed E-state index contributed by atoms with van der Waals surface area (Å²) in [4.78, 5) is 10.5. The summed E-state index contributed by atoms with van der Waals surface area (Å²) in [7, 11) is 0. The fourth-order valence-electron chi connectivity index (χ4n) is 3.47. The van der Waals surface area contributed by atoms with Crippen LogP contribution in [0.1, 0.15) is 39.5 Å². The van der Waals surface area contributed by atoms with Gasteiger partial charge in [0.15, 0.2) is 0 Å². The van der Waals surface area contributed by atoms with Crippen LogP contribution in [0.25, 0.3) is 0 Å². The number of hydrogen-bond donors (Lipinski definition) is 0. The van der Waals surface area contributed by atoms with Gasteiger partial charge in [-0.25, -0.2) is 0 Å². The van der Waals surface area contributed by atoms with Gasteiger partial charge in [0.1, 0.15) is 6.29 Å². The second kappa shape index (κ2) is 1.88. The van der Waals surface area contributed by atoms with Crippen molar-refractivity contribution in [3.63, 3.8) is 0 Å². The zero-order valence-electron chi connectivity index (χ0n) is 7.39. The van der Waals surface area contributed by atoms with Crippen molar-refractivity contribution in [2.24, 2.45) is 16.7 Å². The van der Waals surface area contributed by atoms with Crippen LogP contribution in [0.3, 0.4) is 0 Å². The molecule has 0 bridgehead atoms. The van der Waals surface area contributed by atoms with Crippen LogP contribution in [0.2, 0.25) is 0 Å². The number of rotatable bonds is 2. The van der Waals surface area contributed by atoms with Gasteiger partial charge in [-0.05, 0) is 29.6 Å². The van der Waals surface area contributed by atoms with E-state index < -0.39 is 0 Å². The lowest BCUT2D eigenvalue weighted by Crippen LogP contribution is -2.08. The van der Waals surface area contributed by atoms with E-state index in [-0.39, 0.29) is 0 Å².